The summed E-state index contributed by atoms with van der Waals surface area (Å²) in [5, 5.41) is 4.00. The Morgan fingerprint density at radius 2 is 2.00 bits per heavy atom. The Morgan fingerprint density at radius 1 is 1.19 bits per heavy atom. The molecule has 6 heteroatoms. The molecular weight excluding hydrogens is 342 g/mol. The van der Waals surface area contributed by atoms with E-state index in [0.717, 1.165) is 28.0 Å². The summed E-state index contributed by atoms with van der Waals surface area (Å²) in [4.78, 5) is 18.6. The first kappa shape index (κ1) is 18.6. The molecule has 0 spiro atoms. The molecule has 0 radical (unpaired) electrons. The minimum Gasteiger partial charge on any atom is -0.497 e. The largest absolute Gasteiger partial charge is 0.497 e. The van der Waals surface area contributed by atoms with Gasteiger partial charge in [-0.1, -0.05) is 41.1 Å². The van der Waals surface area contributed by atoms with E-state index < -0.39 is 0 Å². The number of aromatic nitrogens is 2. The van der Waals surface area contributed by atoms with Crippen molar-refractivity contribution in [2.45, 2.75) is 26.8 Å². The highest BCUT2D eigenvalue weighted by Crippen LogP contribution is 2.21. The van der Waals surface area contributed by atoms with E-state index in [1.165, 1.54) is 0 Å². The third kappa shape index (κ3) is 4.53. The molecule has 3 rings (SSSR count). The number of carbonyl (C=O) groups excluding carboxylic acids is 1. The number of aryl methyl sites for hydroxylation is 2. The standard InChI is InChI=1S/C21H23N3O3/c1-14-8-9-15(2)17(10-14)12-20(25)24(3)13-19-22-21(23-27-19)16-6-5-7-18(11-16)26-4/h5-11H,12-13H2,1-4H3. The van der Waals surface area contributed by atoms with E-state index in [4.69, 9.17) is 9.26 Å². The second-order valence-electron chi connectivity index (χ2n) is 6.60. The van der Waals surface area contributed by atoms with Gasteiger partial charge in [0.25, 0.3) is 0 Å². The predicted molar refractivity (Wildman–Crippen MR) is 102 cm³/mol. The summed E-state index contributed by atoms with van der Waals surface area (Å²) in [6.07, 6.45) is 0.348. The molecule has 0 unspecified atom stereocenters. The van der Waals surface area contributed by atoms with Gasteiger partial charge in [0.05, 0.1) is 20.1 Å². The molecule has 1 amide bonds. The second-order valence-corrected chi connectivity index (χ2v) is 6.60. The first-order valence-corrected chi connectivity index (χ1v) is 8.73. The molecule has 0 saturated carbocycles. The van der Waals surface area contributed by atoms with Crippen LogP contribution in [-0.2, 0) is 17.8 Å². The Kier molecular flexibility index (Phi) is 5.54. The first-order valence-electron chi connectivity index (χ1n) is 8.73. The zero-order valence-corrected chi connectivity index (χ0v) is 16.0. The molecule has 0 fully saturated rings. The molecule has 0 N–H and O–H groups in total. The van der Waals surface area contributed by atoms with Gasteiger partial charge >= 0.3 is 0 Å². The van der Waals surface area contributed by atoms with Crippen molar-refractivity contribution in [2.24, 2.45) is 0 Å². The highest BCUT2D eigenvalue weighted by Gasteiger charge is 2.16. The number of carbonyl (C=O) groups is 1. The summed E-state index contributed by atoms with van der Waals surface area (Å²) in [6, 6.07) is 13.6. The molecule has 2 aromatic carbocycles. The van der Waals surface area contributed by atoms with Crippen LogP contribution in [0.1, 0.15) is 22.6 Å². The zero-order chi connectivity index (χ0) is 19.4. The van der Waals surface area contributed by atoms with Crippen molar-refractivity contribution >= 4 is 5.91 Å². The van der Waals surface area contributed by atoms with Crippen molar-refractivity contribution in [3.63, 3.8) is 0 Å². The van der Waals surface area contributed by atoms with Gasteiger partial charge in [-0.2, -0.15) is 4.98 Å². The number of methoxy groups -OCH3 is 1. The quantitative estimate of drug-likeness (QED) is 0.668. The lowest BCUT2D eigenvalue weighted by Gasteiger charge is -2.16. The topological polar surface area (TPSA) is 68.5 Å². The maximum Gasteiger partial charge on any atom is 0.246 e. The molecule has 0 aliphatic heterocycles. The number of rotatable bonds is 6. The van der Waals surface area contributed by atoms with Gasteiger partial charge in [0.15, 0.2) is 0 Å². The van der Waals surface area contributed by atoms with E-state index in [1.807, 2.05) is 50.2 Å². The lowest BCUT2D eigenvalue weighted by molar-refractivity contribution is -0.130. The number of likely N-dealkylation sites (N-methyl/N-ethyl adjacent to an activating group) is 1. The van der Waals surface area contributed by atoms with Crippen LogP contribution in [-0.4, -0.2) is 35.1 Å². The van der Waals surface area contributed by atoms with Gasteiger partial charge in [-0.25, -0.2) is 0 Å². The van der Waals surface area contributed by atoms with Gasteiger partial charge < -0.3 is 14.2 Å². The number of hydrogen-bond acceptors (Lipinski definition) is 5. The molecule has 27 heavy (non-hydrogen) atoms. The van der Waals surface area contributed by atoms with E-state index in [0.29, 0.717) is 18.1 Å². The predicted octanol–water partition coefficient (Wildman–Crippen LogP) is 3.56. The number of ether oxygens (including phenoxy) is 1. The fraction of sp³-hybridized carbons (Fsp3) is 0.286. The summed E-state index contributed by atoms with van der Waals surface area (Å²) in [7, 11) is 3.35. The fourth-order valence-electron chi connectivity index (χ4n) is 2.78. The molecule has 0 atom stereocenters. The Labute approximate surface area is 158 Å². The molecule has 0 saturated heterocycles. The third-order valence-electron chi connectivity index (χ3n) is 4.44. The Bertz CT molecular complexity index is 949. The lowest BCUT2D eigenvalue weighted by atomic mass is 10.0. The number of hydrogen-bond donors (Lipinski definition) is 0. The van der Waals surface area contributed by atoms with E-state index in [9.17, 15) is 4.79 Å². The van der Waals surface area contributed by atoms with Crippen molar-refractivity contribution in [2.75, 3.05) is 14.2 Å². The van der Waals surface area contributed by atoms with Crippen molar-refractivity contribution < 1.29 is 14.1 Å². The van der Waals surface area contributed by atoms with Gasteiger partial charge in [0, 0.05) is 12.6 Å². The Morgan fingerprint density at radius 3 is 2.78 bits per heavy atom. The van der Waals surface area contributed by atoms with Crippen LogP contribution in [0, 0.1) is 13.8 Å². The van der Waals surface area contributed by atoms with Crippen LogP contribution in [0.25, 0.3) is 11.4 Å². The van der Waals surface area contributed by atoms with Crippen LogP contribution in [0.4, 0.5) is 0 Å². The van der Waals surface area contributed by atoms with E-state index >= 15 is 0 Å². The van der Waals surface area contributed by atoms with Crippen LogP contribution in [0.3, 0.4) is 0 Å². The van der Waals surface area contributed by atoms with Crippen molar-refractivity contribution in [3.8, 4) is 17.1 Å². The zero-order valence-electron chi connectivity index (χ0n) is 16.0. The lowest BCUT2D eigenvalue weighted by Crippen LogP contribution is -2.28. The highest BCUT2D eigenvalue weighted by atomic mass is 16.5. The number of amides is 1. The maximum atomic E-state index is 12.6. The average Bonchev–Trinajstić information content (AvgIpc) is 3.13. The minimum atomic E-state index is 0.00447. The normalized spacial score (nSPS) is 10.7. The molecule has 3 aromatic rings. The maximum absolute atomic E-state index is 12.6. The molecule has 140 valence electrons. The van der Waals surface area contributed by atoms with Gasteiger partial charge in [0.2, 0.25) is 17.6 Å². The third-order valence-corrected chi connectivity index (χ3v) is 4.44. The van der Waals surface area contributed by atoms with Gasteiger partial charge in [-0.3, -0.25) is 4.79 Å². The molecule has 6 nitrogen and oxygen atoms in total. The second kappa shape index (κ2) is 8.03. The molecular formula is C21H23N3O3. The average molecular weight is 365 g/mol. The smallest absolute Gasteiger partial charge is 0.246 e. The first-order chi connectivity index (χ1) is 13.0. The molecule has 0 aliphatic carbocycles. The van der Waals surface area contributed by atoms with Crippen molar-refractivity contribution in [1.29, 1.82) is 0 Å². The minimum absolute atomic E-state index is 0.00447. The summed E-state index contributed by atoms with van der Waals surface area (Å²) < 4.78 is 10.5. The van der Waals surface area contributed by atoms with E-state index in [1.54, 1.807) is 19.1 Å². The Hall–Kier alpha value is -3.15. The van der Waals surface area contributed by atoms with E-state index in [2.05, 4.69) is 16.2 Å². The molecule has 1 aromatic heterocycles. The van der Waals surface area contributed by atoms with Crippen molar-refractivity contribution in [3.05, 3.63) is 65.0 Å². The summed E-state index contributed by atoms with van der Waals surface area (Å²) in [5.74, 6) is 1.59. The highest BCUT2D eigenvalue weighted by molar-refractivity contribution is 5.78. The van der Waals surface area contributed by atoms with Crippen molar-refractivity contribution in [1.82, 2.24) is 15.0 Å². The summed E-state index contributed by atoms with van der Waals surface area (Å²) in [5.41, 5.74) is 4.09. The number of nitrogens with zero attached hydrogens (tertiary/aromatic N) is 3. The molecule has 0 bridgehead atoms. The van der Waals surface area contributed by atoms with Crippen LogP contribution in [0.5, 0.6) is 5.75 Å². The van der Waals surface area contributed by atoms with Gasteiger partial charge in [-0.05, 0) is 37.1 Å². The fourth-order valence-corrected chi connectivity index (χ4v) is 2.78. The van der Waals surface area contributed by atoms with Crippen LogP contribution in [0.15, 0.2) is 47.0 Å². The van der Waals surface area contributed by atoms with Gasteiger partial charge in [-0.15, -0.1) is 0 Å². The van der Waals surface area contributed by atoms with Gasteiger partial charge in [0.1, 0.15) is 5.75 Å². The molecule has 1 heterocycles. The number of benzene rings is 2. The van der Waals surface area contributed by atoms with Crippen LogP contribution in [0.2, 0.25) is 0 Å². The summed E-state index contributed by atoms with van der Waals surface area (Å²) >= 11 is 0. The SMILES string of the molecule is COc1cccc(-c2noc(CN(C)C(=O)Cc3cc(C)ccc3C)n2)c1. The summed E-state index contributed by atoms with van der Waals surface area (Å²) in [6.45, 7) is 4.30. The van der Waals surface area contributed by atoms with Crippen LogP contribution >= 0.6 is 0 Å². The Balaban J connectivity index is 1.67. The van der Waals surface area contributed by atoms with Crippen LogP contribution < -0.4 is 4.74 Å². The van der Waals surface area contributed by atoms with E-state index in [-0.39, 0.29) is 12.5 Å². The monoisotopic (exact) mass is 365 g/mol. The molecule has 0 aliphatic rings.